The zero-order valence-corrected chi connectivity index (χ0v) is 19.3. The summed E-state index contributed by atoms with van der Waals surface area (Å²) in [5.74, 6) is -2.53. The van der Waals surface area contributed by atoms with Crippen molar-refractivity contribution >= 4 is 27.0 Å². The van der Waals surface area contributed by atoms with Crippen LogP contribution in [0.25, 0.3) is 11.0 Å². The number of hydrogen-bond donors (Lipinski definition) is 0. The topological polar surface area (TPSA) is 88.4 Å². The highest BCUT2D eigenvalue weighted by Gasteiger charge is 2.31. The Morgan fingerprint density at radius 2 is 1.60 bits per heavy atom. The van der Waals surface area contributed by atoms with Crippen LogP contribution in [0.15, 0.2) is 71.6 Å². The van der Waals surface area contributed by atoms with Crippen LogP contribution >= 0.6 is 0 Å². The van der Waals surface area contributed by atoms with E-state index in [0.29, 0.717) is 18.2 Å². The van der Waals surface area contributed by atoms with Crippen molar-refractivity contribution in [3.63, 3.8) is 0 Å². The number of benzene rings is 3. The molecule has 0 bridgehead atoms. The summed E-state index contributed by atoms with van der Waals surface area (Å²) in [6.45, 7) is 1.01. The number of para-hydroxylation sites is 1. The van der Waals surface area contributed by atoms with Crippen LogP contribution in [0, 0.1) is 11.6 Å². The number of carbonyl (C=O) groups excluding carboxylic acids is 1. The Morgan fingerprint density at radius 3 is 2.31 bits per heavy atom. The number of halogens is 2. The van der Waals surface area contributed by atoms with Crippen molar-refractivity contribution in [1.82, 2.24) is 24.2 Å². The molecule has 0 aliphatic carbocycles. The first kappa shape index (κ1) is 23.1. The van der Waals surface area contributed by atoms with E-state index in [1.165, 1.54) is 4.31 Å². The SMILES string of the molecule is O=C(c1ccc(Cn2nnc3ccccc32)cc1)N1CCN(S(=O)(=O)c2ccc(F)c(F)c2)CC1. The molecule has 1 aliphatic heterocycles. The van der Waals surface area contributed by atoms with Gasteiger partial charge in [0, 0.05) is 31.7 Å². The number of sulfonamides is 1. The van der Waals surface area contributed by atoms with Crippen LogP contribution in [-0.2, 0) is 16.6 Å². The maximum Gasteiger partial charge on any atom is 0.253 e. The van der Waals surface area contributed by atoms with E-state index in [1.54, 1.807) is 21.7 Å². The summed E-state index contributed by atoms with van der Waals surface area (Å²) >= 11 is 0. The molecule has 1 amide bonds. The van der Waals surface area contributed by atoms with E-state index in [9.17, 15) is 22.0 Å². The van der Waals surface area contributed by atoms with Crippen LogP contribution in [0.5, 0.6) is 0 Å². The molecule has 0 N–H and O–H groups in total. The lowest BCUT2D eigenvalue weighted by atomic mass is 10.1. The molecular weight excluding hydrogens is 476 g/mol. The van der Waals surface area contributed by atoms with Crippen LogP contribution < -0.4 is 0 Å². The molecule has 1 saturated heterocycles. The number of piperazine rings is 1. The van der Waals surface area contributed by atoms with Gasteiger partial charge in [-0.2, -0.15) is 4.31 Å². The number of nitrogens with zero attached hydrogens (tertiary/aromatic N) is 5. The Balaban J connectivity index is 1.22. The Bertz CT molecular complexity index is 1500. The van der Waals surface area contributed by atoms with E-state index in [-0.39, 0.29) is 37.0 Å². The monoisotopic (exact) mass is 497 g/mol. The van der Waals surface area contributed by atoms with Crippen LogP contribution in [0.2, 0.25) is 0 Å². The molecule has 0 atom stereocenters. The summed E-state index contributed by atoms with van der Waals surface area (Å²) in [5.41, 5.74) is 3.18. The van der Waals surface area contributed by atoms with E-state index in [0.717, 1.165) is 28.7 Å². The van der Waals surface area contributed by atoms with Gasteiger partial charge in [-0.3, -0.25) is 4.79 Å². The van der Waals surface area contributed by atoms with Crippen molar-refractivity contribution in [2.75, 3.05) is 26.2 Å². The Labute approximate surface area is 200 Å². The van der Waals surface area contributed by atoms with Crippen LogP contribution in [0.1, 0.15) is 15.9 Å². The number of hydrogen-bond acceptors (Lipinski definition) is 5. The van der Waals surface area contributed by atoms with E-state index < -0.39 is 21.7 Å². The van der Waals surface area contributed by atoms with Crippen molar-refractivity contribution in [1.29, 1.82) is 0 Å². The zero-order valence-electron chi connectivity index (χ0n) is 18.5. The van der Waals surface area contributed by atoms with Crippen molar-refractivity contribution in [2.24, 2.45) is 0 Å². The number of rotatable bonds is 5. The molecular formula is C24H21F2N5O3S. The van der Waals surface area contributed by atoms with Crippen molar-refractivity contribution in [3.05, 3.63) is 89.5 Å². The largest absolute Gasteiger partial charge is 0.336 e. The quantitative estimate of drug-likeness (QED) is 0.423. The van der Waals surface area contributed by atoms with Gasteiger partial charge in [-0.15, -0.1) is 5.10 Å². The molecule has 4 aromatic rings. The van der Waals surface area contributed by atoms with Gasteiger partial charge in [-0.1, -0.05) is 29.5 Å². The highest BCUT2D eigenvalue weighted by molar-refractivity contribution is 7.89. The van der Waals surface area contributed by atoms with Gasteiger partial charge in [-0.25, -0.2) is 21.9 Å². The third kappa shape index (κ3) is 4.52. The third-order valence-corrected chi connectivity index (χ3v) is 7.90. The molecule has 0 radical (unpaired) electrons. The van der Waals surface area contributed by atoms with Crippen LogP contribution in [0.3, 0.4) is 0 Å². The number of fused-ring (bicyclic) bond motifs is 1. The molecule has 11 heteroatoms. The molecule has 0 saturated carbocycles. The molecule has 5 rings (SSSR count). The molecule has 35 heavy (non-hydrogen) atoms. The van der Waals surface area contributed by atoms with Crippen LogP contribution in [-0.4, -0.2) is 64.7 Å². The van der Waals surface area contributed by atoms with E-state index >= 15 is 0 Å². The highest BCUT2D eigenvalue weighted by atomic mass is 32.2. The van der Waals surface area contributed by atoms with Gasteiger partial charge >= 0.3 is 0 Å². The fourth-order valence-corrected chi connectivity index (χ4v) is 5.49. The third-order valence-electron chi connectivity index (χ3n) is 6.01. The van der Waals surface area contributed by atoms with Gasteiger partial charge in [0.25, 0.3) is 5.91 Å². The molecule has 180 valence electrons. The molecule has 0 unspecified atom stereocenters. The second-order valence-electron chi connectivity index (χ2n) is 8.20. The van der Waals surface area contributed by atoms with Gasteiger partial charge in [0.05, 0.1) is 17.0 Å². The summed E-state index contributed by atoms with van der Waals surface area (Å²) in [6.07, 6.45) is 0. The minimum Gasteiger partial charge on any atom is -0.336 e. The van der Waals surface area contributed by atoms with Gasteiger partial charge in [0.15, 0.2) is 11.6 Å². The maximum atomic E-state index is 13.5. The predicted octanol–water partition coefficient (Wildman–Crippen LogP) is 2.90. The molecule has 2 heterocycles. The maximum absolute atomic E-state index is 13.5. The lowest BCUT2D eigenvalue weighted by molar-refractivity contribution is 0.0698. The molecule has 0 spiro atoms. The first-order valence-corrected chi connectivity index (χ1v) is 12.4. The number of amides is 1. The summed E-state index contributed by atoms with van der Waals surface area (Å²) in [6, 6.07) is 17.3. The average molecular weight is 498 g/mol. The highest BCUT2D eigenvalue weighted by Crippen LogP contribution is 2.21. The molecule has 3 aromatic carbocycles. The lowest BCUT2D eigenvalue weighted by Gasteiger charge is -2.34. The summed E-state index contributed by atoms with van der Waals surface area (Å²) in [4.78, 5) is 14.2. The van der Waals surface area contributed by atoms with Crippen molar-refractivity contribution < 1.29 is 22.0 Å². The minimum absolute atomic E-state index is 0.0600. The van der Waals surface area contributed by atoms with Gasteiger partial charge in [0.2, 0.25) is 10.0 Å². The van der Waals surface area contributed by atoms with E-state index in [1.807, 2.05) is 36.4 Å². The molecule has 1 fully saturated rings. The summed E-state index contributed by atoms with van der Waals surface area (Å²) < 4.78 is 55.2. The zero-order chi connectivity index (χ0) is 24.6. The Hall–Kier alpha value is -3.70. The fraction of sp³-hybridized carbons (Fsp3) is 0.208. The van der Waals surface area contributed by atoms with Crippen molar-refractivity contribution in [3.8, 4) is 0 Å². The normalized spacial score (nSPS) is 15.0. The van der Waals surface area contributed by atoms with Gasteiger partial charge < -0.3 is 4.90 Å². The smallest absolute Gasteiger partial charge is 0.253 e. The molecule has 1 aliphatic rings. The Morgan fingerprint density at radius 1 is 0.886 bits per heavy atom. The first-order chi connectivity index (χ1) is 16.8. The summed E-state index contributed by atoms with van der Waals surface area (Å²) in [5, 5.41) is 8.32. The van der Waals surface area contributed by atoms with Crippen molar-refractivity contribution in [2.45, 2.75) is 11.4 Å². The minimum atomic E-state index is -3.99. The van der Waals surface area contributed by atoms with Gasteiger partial charge in [0.1, 0.15) is 5.52 Å². The number of aromatic nitrogens is 3. The van der Waals surface area contributed by atoms with E-state index in [4.69, 9.17) is 0 Å². The van der Waals surface area contributed by atoms with E-state index in [2.05, 4.69) is 10.3 Å². The fourth-order valence-electron chi connectivity index (χ4n) is 4.06. The second kappa shape index (κ2) is 9.16. The molecule has 8 nitrogen and oxygen atoms in total. The average Bonchev–Trinajstić information content (AvgIpc) is 3.28. The molecule has 1 aromatic heterocycles. The Kier molecular flexibility index (Phi) is 6.03. The van der Waals surface area contributed by atoms with Gasteiger partial charge in [-0.05, 0) is 48.0 Å². The first-order valence-electron chi connectivity index (χ1n) is 10.9. The second-order valence-corrected chi connectivity index (χ2v) is 10.1. The lowest BCUT2D eigenvalue weighted by Crippen LogP contribution is -2.50. The predicted molar refractivity (Wildman–Crippen MR) is 124 cm³/mol. The van der Waals surface area contributed by atoms with Crippen LogP contribution in [0.4, 0.5) is 8.78 Å². The number of carbonyl (C=O) groups is 1. The summed E-state index contributed by atoms with van der Waals surface area (Å²) in [7, 11) is -3.99. The standard InChI is InChI=1S/C24H21F2N5O3S/c25-20-10-9-19(15-21(20)26)35(33,34)30-13-11-29(12-14-30)24(32)18-7-5-17(6-8-18)16-31-23-4-2-1-3-22(23)27-28-31/h1-10,15H,11-14,16H2.